The van der Waals surface area contributed by atoms with Crippen LogP contribution >= 0.6 is 23.1 Å². The molecule has 0 saturated heterocycles. The number of anilines is 1. The molecule has 0 radical (unpaired) electrons. The van der Waals surface area contributed by atoms with E-state index in [1.54, 1.807) is 51.3 Å². The highest BCUT2D eigenvalue weighted by Crippen LogP contribution is 2.38. The lowest BCUT2D eigenvalue weighted by Crippen LogP contribution is -2.07. The Morgan fingerprint density at radius 3 is 2.45 bits per heavy atom. The highest BCUT2D eigenvalue weighted by molar-refractivity contribution is 8.00. The molecule has 3 aromatic rings. The Bertz CT molecular complexity index is 1060. The number of ether oxygens (including phenoxy) is 3. The van der Waals surface area contributed by atoms with Crippen LogP contribution in [0.15, 0.2) is 46.8 Å². The van der Waals surface area contributed by atoms with Gasteiger partial charge in [0.25, 0.3) is 0 Å². The van der Waals surface area contributed by atoms with Crippen LogP contribution in [-0.2, 0) is 10.5 Å². The van der Waals surface area contributed by atoms with Crippen molar-refractivity contribution in [2.75, 3.05) is 26.6 Å². The molecule has 162 valence electrons. The lowest BCUT2D eigenvalue weighted by atomic mass is 10.1. The number of amides is 1. The molecule has 0 atom stereocenters. The molecule has 1 heterocycles. The predicted molar refractivity (Wildman–Crippen MR) is 124 cm³/mol. The van der Waals surface area contributed by atoms with E-state index >= 15 is 0 Å². The number of nitrogens with one attached hydrogen (secondary N) is 1. The molecule has 1 amide bonds. The van der Waals surface area contributed by atoms with Crippen molar-refractivity contribution < 1.29 is 19.0 Å². The van der Waals surface area contributed by atoms with Crippen molar-refractivity contribution in [2.45, 2.75) is 17.0 Å². The van der Waals surface area contributed by atoms with E-state index in [4.69, 9.17) is 14.2 Å². The summed E-state index contributed by atoms with van der Waals surface area (Å²) in [5.41, 5.74) is 3.22. The first-order valence-corrected chi connectivity index (χ1v) is 11.1. The van der Waals surface area contributed by atoms with Gasteiger partial charge in [0.05, 0.1) is 21.3 Å². The third kappa shape index (κ3) is 5.99. The molecular weight excluding hydrogens is 434 g/mol. The number of thioether (sulfide) groups is 1. The summed E-state index contributed by atoms with van der Waals surface area (Å²) in [4.78, 5) is 12.3. The van der Waals surface area contributed by atoms with Gasteiger partial charge in [-0.3, -0.25) is 10.1 Å². The zero-order valence-electron chi connectivity index (χ0n) is 17.7. The molecule has 31 heavy (non-hydrogen) atoms. The van der Waals surface area contributed by atoms with Gasteiger partial charge >= 0.3 is 0 Å². The van der Waals surface area contributed by atoms with E-state index in [0.29, 0.717) is 22.4 Å². The van der Waals surface area contributed by atoms with Gasteiger partial charge in [-0.25, -0.2) is 0 Å². The molecule has 1 aromatic heterocycles. The maximum absolute atomic E-state index is 12.3. The molecule has 0 saturated carbocycles. The zero-order chi connectivity index (χ0) is 22.2. The highest BCUT2D eigenvalue weighted by Gasteiger charge is 2.12. The Hall–Kier alpha value is -3.04. The quantitative estimate of drug-likeness (QED) is 0.280. The number of carbonyl (C=O) groups is 1. The van der Waals surface area contributed by atoms with Gasteiger partial charge in [0.1, 0.15) is 0 Å². The fourth-order valence-electron chi connectivity index (χ4n) is 2.75. The number of aromatic nitrogens is 2. The Labute approximate surface area is 189 Å². The van der Waals surface area contributed by atoms with Gasteiger partial charge in [0.2, 0.25) is 16.8 Å². The number of benzene rings is 2. The molecule has 7 nitrogen and oxygen atoms in total. The van der Waals surface area contributed by atoms with Crippen molar-refractivity contribution in [2.24, 2.45) is 0 Å². The number of methoxy groups -OCH3 is 3. The van der Waals surface area contributed by atoms with Gasteiger partial charge in [-0.15, -0.1) is 10.2 Å². The molecule has 1 N–H and O–H groups in total. The van der Waals surface area contributed by atoms with E-state index in [1.165, 1.54) is 28.5 Å². The van der Waals surface area contributed by atoms with E-state index in [9.17, 15) is 4.79 Å². The van der Waals surface area contributed by atoms with Crippen molar-refractivity contribution in [3.05, 3.63) is 59.2 Å². The van der Waals surface area contributed by atoms with Crippen molar-refractivity contribution in [3.63, 3.8) is 0 Å². The van der Waals surface area contributed by atoms with Crippen LogP contribution in [-0.4, -0.2) is 37.4 Å². The molecule has 9 heteroatoms. The summed E-state index contributed by atoms with van der Waals surface area (Å²) in [6, 6.07) is 11.7. The molecule has 0 aliphatic rings. The summed E-state index contributed by atoms with van der Waals surface area (Å²) < 4.78 is 16.8. The van der Waals surface area contributed by atoms with E-state index in [2.05, 4.69) is 34.6 Å². The van der Waals surface area contributed by atoms with Crippen LogP contribution in [0.1, 0.15) is 16.7 Å². The number of nitrogens with zero attached hydrogens (tertiary/aromatic N) is 2. The first kappa shape index (κ1) is 22.6. The SMILES string of the molecule is COc1cc(/C=C/C(=O)Nc2nnc(SCc3ccccc3C)s2)cc(OC)c1OC. The molecule has 3 rings (SSSR count). The topological polar surface area (TPSA) is 82.6 Å². The van der Waals surface area contributed by atoms with Gasteiger partial charge in [0, 0.05) is 11.8 Å². The van der Waals surface area contributed by atoms with E-state index in [0.717, 1.165) is 15.7 Å². The fourth-order valence-corrected chi connectivity index (χ4v) is 4.58. The molecular formula is C22H23N3O4S2. The second-order valence-electron chi connectivity index (χ2n) is 6.37. The second-order valence-corrected chi connectivity index (χ2v) is 8.57. The summed E-state index contributed by atoms with van der Waals surface area (Å²) >= 11 is 2.94. The third-order valence-electron chi connectivity index (χ3n) is 4.36. The van der Waals surface area contributed by atoms with E-state index in [-0.39, 0.29) is 5.91 Å². The summed E-state index contributed by atoms with van der Waals surface area (Å²) in [5, 5.41) is 11.4. The first-order chi connectivity index (χ1) is 15.0. The van der Waals surface area contributed by atoms with E-state index in [1.807, 2.05) is 12.1 Å². The molecule has 0 spiro atoms. The summed E-state index contributed by atoms with van der Waals surface area (Å²) in [6.07, 6.45) is 3.08. The minimum Gasteiger partial charge on any atom is -0.493 e. The van der Waals surface area contributed by atoms with Crippen LogP contribution in [0.5, 0.6) is 17.2 Å². The minimum atomic E-state index is -0.305. The van der Waals surface area contributed by atoms with Crippen LogP contribution in [0.3, 0.4) is 0 Å². The number of aryl methyl sites for hydroxylation is 1. The van der Waals surface area contributed by atoms with Gasteiger partial charge in [-0.2, -0.15) is 0 Å². The maximum Gasteiger partial charge on any atom is 0.250 e. The average Bonchev–Trinajstić information content (AvgIpc) is 3.23. The Balaban J connectivity index is 1.61. The molecule has 0 fully saturated rings. The number of rotatable bonds is 9. The normalized spacial score (nSPS) is 10.8. The van der Waals surface area contributed by atoms with Gasteiger partial charge in [0.15, 0.2) is 15.8 Å². The maximum atomic E-state index is 12.3. The average molecular weight is 458 g/mol. The van der Waals surface area contributed by atoms with Crippen LogP contribution in [0, 0.1) is 6.92 Å². The second kappa shape index (κ2) is 10.8. The number of hydrogen-bond donors (Lipinski definition) is 1. The molecule has 2 aromatic carbocycles. The molecule has 0 aliphatic carbocycles. The fraction of sp³-hybridized carbons (Fsp3) is 0.227. The lowest BCUT2D eigenvalue weighted by Gasteiger charge is -2.12. The van der Waals surface area contributed by atoms with Crippen molar-refractivity contribution in [3.8, 4) is 17.2 Å². The van der Waals surface area contributed by atoms with Gasteiger partial charge in [-0.1, -0.05) is 47.4 Å². The largest absolute Gasteiger partial charge is 0.493 e. The number of carbonyl (C=O) groups excluding carboxylic acids is 1. The standard InChI is InChI=1S/C22H23N3O4S2/c1-14-7-5-6-8-16(14)13-30-22-25-24-21(31-22)23-19(26)10-9-15-11-17(27-2)20(29-4)18(12-15)28-3/h5-12H,13H2,1-4H3,(H,23,24,26)/b10-9+. The monoisotopic (exact) mass is 457 g/mol. The lowest BCUT2D eigenvalue weighted by molar-refractivity contribution is -0.111. The Morgan fingerprint density at radius 1 is 1.10 bits per heavy atom. The van der Waals surface area contributed by atoms with Crippen LogP contribution in [0.2, 0.25) is 0 Å². The molecule has 0 bridgehead atoms. The van der Waals surface area contributed by atoms with Crippen LogP contribution < -0.4 is 19.5 Å². The van der Waals surface area contributed by atoms with Crippen molar-refractivity contribution in [1.82, 2.24) is 10.2 Å². The summed E-state index contributed by atoms with van der Waals surface area (Å²) in [6.45, 7) is 2.09. The van der Waals surface area contributed by atoms with Crippen LogP contribution in [0.4, 0.5) is 5.13 Å². The summed E-state index contributed by atoms with van der Waals surface area (Å²) in [7, 11) is 4.63. The first-order valence-electron chi connectivity index (χ1n) is 9.34. The Kier molecular flexibility index (Phi) is 7.91. The Morgan fingerprint density at radius 2 is 1.81 bits per heavy atom. The minimum absolute atomic E-state index is 0.305. The highest BCUT2D eigenvalue weighted by atomic mass is 32.2. The summed E-state index contributed by atoms with van der Waals surface area (Å²) in [5.74, 6) is 2.02. The van der Waals surface area contributed by atoms with Crippen LogP contribution in [0.25, 0.3) is 6.08 Å². The number of hydrogen-bond acceptors (Lipinski definition) is 8. The smallest absolute Gasteiger partial charge is 0.250 e. The van der Waals surface area contributed by atoms with Gasteiger partial charge in [-0.05, 0) is 41.8 Å². The predicted octanol–water partition coefficient (Wildman–Crippen LogP) is 4.82. The third-order valence-corrected chi connectivity index (χ3v) is 6.38. The molecule has 0 aliphatic heterocycles. The van der Waals surface area contributed by atoms with Gasteiger partial charge < -0.3 is 14.2 Å². The van der Waals surface area contributed by atoms with Crippen molar-refractivity contribution in [1.29, 1.82) is 0 Å². The molecule has 0 unspecified atom stereocenters. The van der Waals surface area contributed by atoms with E-state index < -0.39 is 0 Å². The van der Waals surface area contributed by atoms with Crippen molar-refractivity contribution >= 4 is 40.2 Å². The zero-order valence-corrected chi connectivity index (χ0v) is 19.3.